The van der Waals surface area contributed by atoms with Gasteiger partial charge in [-0.25, -0.2) is 12.8 Å². The molecule has 0 amide bonds. The first-order chi connectivity index (χ1) is 12.5. The summed E-state index contributed by atoms with van der Waals surface area (Å²) in [6.07, 6.45) is 0. The predicted octanol–water partition coefficient (Wildman–Crippen LogP) is -0.0724. The number of nitrogens with one attached hydrogen (secondary N) is 1. The molecule has 0 saturated heterocycles. The molecule has 146 valence electrons. The molecule has 6 nitrogen and oxygen atoms in total. The van der Waals surface area contributed by atoms with E-state index in [9.17, 15) is 22.7 Å². The molecule has 2 aromatic carbocycles. The Morgan fingerprint density at radius 1 is 1.21 bits per heavy atom. The minimum atomic E-state index is -3.43. The van der Waals surface area contributed by atoms with Crippen molar-refractivity contribution in [3.63, 3.8) is 0 Å². The second-order valence-corrected chi connectivity index (χ2v) is 8.90. The van der Waals surface area contributed by atoms with Crippen molar-refractivity contribution >= 4 is 38.8 Å². The zero-order valence-corrected chi connectivity index (χ0v) is 19.4. The topological polar surface area (TPSA) is 95.5 Å². The fraction of sp³-hybridized carbons (Fsp3) is 0.278. The minimum Gasteiger partial charge on any atom is -0.546 e. The number of rotatable bonds is 7. The van der Waals surface area contributed by atoms with Crippen LogP contribution >= 0.6 is 11.6 Å². The fourth-order valence-electron chi connectivity index (χ4n) is 2.11. The number of carboxylic acids is 1. The third-order valence-corrected chi connectivity index (χ3v) is 5.79. The first kappa shape index (κ1) is 24.7. The Balaban J connectivity index is 0.00000392. The first-order valence-electron chi connectivity index (χ1n) is 7.95. The Kier molecular flexibility index (Phi) is 8.34. The van der Waals surface area contributed by atoms with Gasteiger partial charge in [0, 0.05) is 6.07 Å². The number of hydrogen-bond acceptors (Lipinski definition) is 6. The van der Waals surface area contributed by atoms with Crippen LogP contribution in [0.2, 0.25) is 5.02 Å². The summed E-state index contributed by atoms with van der Waals surface area (Å²) in [7, 11) is -3.43. The average Bonchev–Trinajstić information content (AvgIpc) is 2.58. The van der Waals surface area contributed by atoms with Crippen LogP contribution in [0, 0.1) is 5.82 Å². The third-order valence-electron chi connectivity index (χ3n) is 3.75. The van der Waals surface area contributed by atoms with Gasteiger partial charge in [0.25, 0.3) is 0 Å². The maximum atomic E-state index is 13.7. The van der Waals surface area contributed by atoms with Crippen molar-refractivity contribution in [1.82, 2.24) is 0 Å². The molecule has 0 aliphatic carbocycles. The van der Waals surface area contributed by atoms with Crippen molar-refractivity contribution in [2.45, 2.75) is 31.3 Å². The van der Waals surface area contributed by atoms with E-state index in [0.717, 1.165) is 12.1 Å². The molecule has 0 heterocycles. The summed E-state index contributed by atoms with van der Waals surface area (Å²) >= 11 is 6.15. The average molecular weight is 438 g/mol. The van der Waals surface area contributed by atoms with E-state index in [-0.39, 0.29) is 56.7 Å². The van der Waals surface area contributed by atoms with Gasteiger partial charge in [0.1, 0.15) is 17.2 Å². The number of aliphatic carboxylic acids is 1. The van der Waals surface area contributed by atoms with Gasteiger partial charge in [0.2, 0.25) is 0 Å². The summed E-state index contributed by atoms with van der Waals surface area (Å²) in [5.41, 5.74) is -1.23. The Morgan fingerprint density at radius 2 is 1.86 bits per heavy atom. The van der Waals surface area contributed by atoms with Crippen molar-refractivity contribution in [3.8, 4) is 5.75 Å². The summed E-state index contributed by atoms with van der Waals surface area (Å²) in [6, 6.07) is 7.58. The maximum absolute atomic E-state index is 13.7. The predicted molar refractivity (Wildman–Crippen MR) is 98.6 cm³/mol. The minimum absolute atomic E-state index is 0. The van der Waals surface area contributed by atoms with Gasteiger partial charge < -0.3 is 20.0 Å². The second kappa shape index (κ2) is 9.45. The van der Waals surface area contributed by atoms with E-state index in [1.165, 1.54) is 45.0 Å². The fourth-order valence-corrected chi connectivity index (χ4v) is 3.31. The molecule has 10 heteroatoms. The Morgan fingerprint density at radius 3 is 2.39 bits per heavy atom. The van der Waals surface area contributed by atoms with Gasteiger partial charge in [0.15, 0.2) is 9.84 Å². The number of benzene rings is 2. The Bertz CT molecular complexity index is 982. The molecule has 2 rings (SSSR count). The van der Waals surface area contributed by atoms with Gasteiger partial charge in [0.05, 0.1) is 33.0 Å². The van der Waals surface area contributed by atoms with E-state index in [2.05, 4.69) is 5.32 Å². The van der Waals surface area contributed by atoms with Crippen LogP contribution < -0.4 is 44.7 Å². The van der Waals surface area contributed by atoms with Gasteiger partial charge >= 0.3 is 29.6 Å². The van der Waals surface area contributed by atoms with Crippen LogP contribution in [-0.2, 0) is 14.6 Å². The molecule has 0 aliphatic heterocycles. The number of carboxylic acid groups (broad SMARTS) is 1. The zero-order chi connectivity index (χ0) is 20.4. The molecule has 28 heavy (non-hydrogen) atoms. The number of carbonyl (C=O) groups excluding carboxylic acids is 1. The molecule has 0 radical (unpaired) electrons. The van der Waals surface area contributed by atoms with Crippen LogP contribution in [0.3, 0.4) is 0 Å². The van der Waals surface area contributed by atoms with Gasteiger partial charge in [-0.15, -0.1) is 0 Å². The number of sulfone groups is 1. The number of anilines is 2. The van der Waals surface area contributed by atoms with Crippen molar-refractivity contribution in [2.75, 3.05) is 11.1 Å². The van der Waals surface area contributed by atoms with Crippen LogP contribution in [0.5, 0.6) is 5.75 Å². The summed E-state index contributed by atoms with van der Waals surface area (Å²) in [5.74, 6) is -2.04. The van der Waals surface area contributed by atoms with Gasteiger partial charge in [-0.3, -0.25) is 0 Å². The standard InChI is InChI=1S/C18H19ClFNO5S.Na/c1-4-27(24,25)12-6-7-14(13(19)10-12)21-15-9-11(20)5-8-16(15)26-18(2,3)17(22)23;/h5-10,21H,4H2,1-3H3,(H,22,23);/q;+1/p-1. The molecule has 0 atom stereocenters. The Labute approximate surface area is 190 Å². The summed E-state index contributed by atoms with van der Waals surface area (Å²) in [4.78, 5) is 11.2. The summed E-state index contributed by atoms with van der Waals surface area (Å²) in [5, 5.41) is 14.1. The molecule has 2 aromatic rings. The molecule has 0 bridgehead atoms. The number of carbonyl (C=O) groups is 1. The SMILES string of the molecule is CCS(=O)(=O)c1ccc(Nc2cc(F)ccc2OC(C)(C)C(=O)[O-])c(Cl)c1.[Na+]. The van der Waals surface area contributed by atoms with Crippen molar-refractivity contribution < 1.29 is 57.0 Å². The third kappa shape index (κ3) is 5.84. The molecule has 1 N–H and O–H groups in total. The molecule has 0 fully saturated rings. The second-order valence-electron chi connectivity index (χ2n) is 6.21. The van der Waals surface area contributed by atoms with E-state index in [0.29, 0.717) is 5.69 Å². The van der Waals surface area contributed by atoms with Crippen molar-refractivity contribution in [2.24, 2.45) is 0 Å². The van der Waals surface area contributed by atoms with Gasteiger partial charge in [-0.2, -0.15) is 0 Å². The molecule has 0 aliphatic rings. The van der Waals surface area contributed by atoms with E-state index in [4.69, 9.17) is 16.3 Å². The van der Waals surface area contributed by atoms with Crippen molar-refractivity contribution in [3.05, 3.63) is 47.2 Å². The van der Waals surface area contributed by atoms with E-state index < -0.39 is 27.2 Å². The zero-order valence-electron chi connectivity index (χ0n) is 15.9. The summed E-state index contributed by atoms with van der Waals surface area (Å²) < 4.78 is 43.0. The monoisotopic (exact) mass is 437 g/mol. The van der Waals surface area contributed by atoms with Crippen LogP contribution in [0.4, 0.5) is 15.8 Å². The van der Waals surface area contributed by atoms with Crippen LogP contribution in [-0.4, -0.2) is 25.7 Å². The molecule has 0 spiro atoms. The van der Waals surface area contributed by atoms with Crippen LogP contribution in [0.1, 0.15) is 20.8 Å². The first-order valence-corrected chi connectivity index (χ1v) is 9.98. The molecule has 0 unspecified atom stereocenters. The van der Waals surface area contributed by atoms with E-state index >= 15 is 0 Å². The molecule has 0 saturated carbocycles. The Hall–Kier alpha value is -1.32. The number of ether oxygens (including phenoxy) is 1. The molecule has 0 aromatic heterocycles. The van der Waals surface area contributed by atoms with Crippen LogP contribution in [0.15, 0.2) is 41.3 Å². The summed E-state index contributed by atoms with van der Waals surface area (Å²) in [6.45, 7) is 4.12. The largest absolute Gasteiger partial charge is 1.00 e. The van der Waals surface area contributed by atoms with Crippen LogP contribution in [0.25, 0.3) is 0 Å². The molecular weight excluding hydrogens is 420 g/mol. The van der Waals surface area contributed by atoms with Gasteiger partial charge in [-0.1, -0.05) is 18.5 Å². The van der Waals surface area contributed by atoms with E-state index in [1.54, 1.807) is 0 Å². The van der Waals surface area contributed by atoms with E-state index in [1.807, 2.05) is 0 Å². The van der Waals surface area contributed by atoms with Gasteiger partial charge in [-0.05, 0) is 44.2 Å². The smallest absolute Gasteiger partial charge is 0.546 e. The molecular formula is C18H18ClFNNaO5S. The maximum Gasteiger partial charge on any atom is 1.00 e. The normalized spacial score (nSPS) is 11.5. The number of halogens is 2. The van der Waals surface area contributed by atoms with Crippen molar-refractivity contribution in [1.29, 1.82) is 0 Å². The number of hydrogen-bond donors (Lipinski definition) is 1. The quantitative estimate of drug-likeness (QED) is 0.609.